The second kappa shape index (κ2) is 7.16. The van der Waals surface area contributed by atoms with E-state index in [-0.39, 0.29) is 0 Å². The van der Waals surface area contributed by atoms with Crippen LogP contribution in [0.1, 0.15) is 50.1 Å². The molecule has 1 unspecified atom stereocenters. The molecular formula is C16H24ClNO. The van der Waals surface area contributed by atoms with Crippen molar-refractivity contribution in [1.82, 2.24) is 5.32 Å². The topological polar surface area (TPSA) is 21.3 Å². The Kier molecular flexibility index (Phi) is 5.53. The Hall–Kier alpha value is -0.730. The Labute approximate surface area is 121 Å². The van der Waals surface area contributed by atoms with Crippen LogP contribution in [-0.4, -0.2) is 14.2 Å². The summed E-state index contributed by atoms with van der Waals surface area (Å²) in [4.78, 5) is 0. The molecule has 0 spiro atoms. The zero-order chi connectivity index (χ0) is 13.7. The SMILES string of the molecule is CNC(c1ccc(Cl)cc1OC)C1CCCCCC1. The Morgan fingerprint density at radius 3 is 2.47 bits per heavy atom. The zero-order valence-corrected chi connectivity index (χ0v) is 12.7. The molecule has 1 aromatic rings. The van der Waals surface area contributed by atoms with Crippen LogP contribution in [-0.2, 0) is 0 Å². The number of halogens is 1. The van der Waals surface area contributed by atoms with Gasteiger partial charge < -0.3 is 10.1 Å². The average molecular weight is 282 g/mol. The highest BCUT2D eigenvalue weighted by Crippen LogP contribution is 2.37. The zero-order valence-electron chi connectivity index (χ0n) is 11.9. The molecule has 0 radical (unpaired) electrons. The molecule has 1 saturated carbocycles. The molecule has 0 amide bonds. The van der Waals surface area contributed by atoms with E-state index < -0.39 is 0 Å². The Morgan fingerprint density at radius 2 is 1.89 bits per heavy atom. The Morgan fingerprint density at radius 1 is 1.21 bits per heavy atom. The first-order chi connectivity index (χ1) is 9.26. The molecule has 1 atom stereocenters. The minimum atomic E-state index is 0.366. The van der Waals surface area contributed by atoms with Crippen LogP contribution >= 0.6 is 11.6 Å². The van der Waals surface area contributed by atoms with E-state index in [1.807, 2.05) is 19.2 Å². The lowest BCUT2D eigenvalue weighted by molar-refractivity contribution is 0.326. The van der Waals surface area contributed by atoms with Gasteiger partial charge in [-0.25, -0.2) is 0 Å². The second-order valence-corrected chi connectivity index (χ2v) is 5.84. The summed E-state index contributed by atoms with van der Waals surface area (Å²) in [5, 5.41) is 4.22. The summed E-state index contributed by atoms with van der Waals surface area (Å²) in [5.74, 6) is 1.60. The fourth-order valence-corrected chi connectivity index (χ4v) is 3.39. The minimum absolute atomic E-state index is 0.366. The van der Waals surface area contributed by atoms with Gasteiger partial charge in [-0.2, -0.15) is 0 Å². The van der Waals surface area contributed by atoms with E-state index in [0.717, 1.165) is 10.8 Å². The molecule has 19 heavy (non-hydrogen) atoms. The lowest BCUT2D eigenvalue weighted by atomic mass is 9.87. The van der Waals surface area contributed by atoms with Crippen LogP contribution in [0, 0.1) is 5.92 Å². The minimum Gasteiger partial charge on any atom is -0.496 e. The number of ether oxygens (including phenoxy) is 1. The molecule has 2 nitrogen and oxygen atoms in total. The van der Waals surface area contributed by atoms with E-state index >= 15 is 0 Å². The molecule has 0 aromatic heterocycles. The molecule has 1 N–H and O–H groups in total. The van der Waals surface area contributed by atoms with Gasteiger partial charge >= 0.3 is 0 Å². The van der Waals surface area contributed by atoms with Gasteiger partial charge in [0.2, 0.25) is 0 Å². The molecule has 0 heterocycles. The number of rotatable bonds is 4. The quantitative estimate of drug-likeness (QED) is 0.816. The van der Waals surface area contributed by atoms with Gasteiger partial charge in [0.1, 0.15) is 5.75 Å². The summed E-state index contributed by atoms with van der Waals surface area (Å²) in [7, 11) is 3.76. The maximum atomic E-state index is 6.05. The Bertz CT molecular complexity index is 400. The summed E-state index contributed by atoms with van der Waals surface area (Å²) in [6, 6.07) is 6.34. The van der Waals surface area contributed by atoms with E-state index in [2.05, 4.69) is 11.4 Å². The smallest absolute Gasteiger partial charge is 0.125 e. The largest absolute Gasteiger partial charge is 0.496 e. The third-order valence-corrected chi connectivity index (χ3v) is 4.45. The standard InChI is InChI=1S/C16H24ClNO/c1-18-16(12-7-5-3-4-6-8-12)14-10-9-13(17)11-15(14)19-2/h9-12,16,18H,3-8H2,1-2H3. The lowest BCUT2D eigenvalue weighted by Gasteiger charge is -2.27. The van der Waals surface area contributed by atoms with Gasteiger partial charge in [-0.05, 0) is 37.9 Å². The van der Waals surface area contributed by atoms with Gasteiger partial charge in [-0.1, -0.05) is 43.4 Å². The predicted octanol–water partition coefficient (Wildman–Crippen LogP) is 4.58. The highest BCUT2D eigenvalue weighted by molar-refractivity contribution is 6.30. The third-order valence-electron chi connectivity index (χ3n) is 4.21. The van der Waals surface area contributed by atoms with Crippen molar-refractivity contribution in [1.29, 1.82) is 0 Å². The molecule has 1 fully saturated rings. The van der Waals surface area contributed by atoms with Gasteiger partial charge in [-0.3, -0.25) is 0 Å². The van der Waals surface area contributed by atoms with Crippen molar-refractivity contribution in [3.05, 3.63) is 28.8 Å². The van der Waals surface area contributed by atoms with Crippen LogP contribution in [0.25, 0.3) is 0 Å². The molecule has 1 aliphatic rings. The molecule has 106 valence electrons. The first-order valence-electron chi connectivity index (χ1n) is 7.27. The van der Waals surface area contributed by atoms with E-state index in [9.17, 15) is 0 Å². The van der Waals surface area contributed by atoms with Gasteiger partial charge in [-0.15, -0.1) is 0 Å². The first-order valence-corrected chi connectivity index (χ1v) is 7.64. The molecule has 0 aliphatic heterocycles. The highest BCUT2D eigenvalue weighted by atomic mass is 35.5. The Balaban J connectivity index is 2.24. The van der Waals surface area contributed by atoms with Crippen molar-refractivity contribution < 1.29 is 4.74 Å². The van der Waals surface area contributed by atoms with E-state index in [1.54, 1.807) is 7.11 Å². The molecule has 1 aliphatic carbocycles. The van der Waals surface area contributed by atoms with Crippen molar-refractivity contribution in [2.24, 2.45) is 5.92 Å². The molecule has 3 heteroatoms. The third kappa shape index (κ3) is 3.64. The van der Waals surface area contributed by atoms with Crippen LogP contribution in [0.4, 0.5) is 0 Å². The highest BCUT2D eigenvalue weighted by Gasteiger charge is 2.25. The molecular weight excluding hydrogens is 258 g/mol. The summed E-state index contributed by atoms with van der Waals surface area (Å²) >= 11 is 6.05. The van der Waals surface area contributed by atoms with Crippen molar-refractivity contribution in [2.75, 3.05) is 14.2 Å². The van der Waals surface area contributed by atoms with Crippen LogP contribution < -0.4 is 10.1 Å². The van der Waals surface area contributed by atoms with Crippen LogP contribution in [0.3, 0.4) is 0 Å². The fraction of sp³-hybridized carbons (Fsp3) is 0.625. The van der Waals surface area contributed by atoms with Crippen LogP contribution in [0.2, 0.25) is 5.02 Å². The number of hydrogen-bond acceptors (Lipinski definition) is 2. The number of methoxy groups -OCH3 is 1. The van der Waals surface area contributed by atoms with Crippen molar-refractivity contribution >= 4 is 11.6 Å². The predicted molar refractivity (Wildman–Crippen MR) is 81.0 cm³/mol. The summed E-state index contributed by atoms with van der Waals surface area (Å²) in [5.41, 5.74) is 1.24. The van der Waals surface area contributed by atoms with Crippen molar-refractivity contribution in [2.45, 2.75) is 44.6 Å². The van der Waals surface area contributed by atoms with Gasteiger partial charge in [0.25, 0.3) is 0 Å². The number of nitrogens with one attached hydrogen (secondary N) is 1. The maximum Gasteiger partial charge on any atom is 0.125 e. The normalized spacial score (nSPS) is 18.9. The molecule has 0 saturated heterocycles. The first kappa shape index (κ1) is 14.7. The van der Waals surface area contributed by atoms with Gasteiger partial charge in [0.15, 0.2) is 0 Å². The van der Waals surface area contributed by atoms with E-state index in [4.69, 9.17) is 16.3 Å². The van der Waals surface area contributed by atoms with E-state index in [1.165, 1.54) is 44.1 Å². The van der Waals surface area contributed by atoms with E-state index in [0.29, 0.717) is 12.0 Å². The average Bonchev–Trinajstić information content (AvgIpc) is 2.70. The van der Waals surface area contributed by atoms with Crippen LogP contribution in [0.5, 0.6) is 5.75 Å². The number of hydrogen-bond donors (Lipinski definition) is 1. The van der Waals surface area contributed by atoms with Crippen molar-refractivity contribution in [3.63, 3.8) is 0 Å². The number of benzene rings is 1. The second-order valence-electron chi connectivity index (χ2n) is 5.40. The lowest BCUT2D eigenvalue weighted by Crippen LogP contribution is -2.25. The molecule has 0 bridgehead atoms. The molecule has 2 rings (SSSR count). The summed E-state index contributed by atoms with van der Waals surface area (Å²) < 4.78 is 5.51. The summed E-state index contributed by atoms with van der Waals surface area (Å²) in [6.07, 6.45) is 8.06. The van der Waals surface area contributed by atoms with Crippen LogP contribution in [0.15, 0.2) is 18.2 Å². The molecule has 1 aromatic carbocycles. The monoisotopic (exact) mass is 281 g/mol. The fourth-order valence-electron chi connectivity index (χ4n) is 3.23. The van der Waals surface area contributed by atoms with Gasteiger partial charge in [0.05, 0.1) is 7.11 Å². The van der Waals surface area contributed by atoms with Gasteiger partial charge in [0, 0.05) is 16.6 Å². The maximum absolute atomic E-state index is 6.05. The van der Waals surface area contributed by atoms with Crippen molar-refractivity contribution in [3.8, 4) is 5.75 Å². The summed E-state index contributed by atoms with van der Waals surface area (Å²) in [6.45, 7) is 0.